The molecule has 0 bridgehead atoms. The van der Waals surface area contributed by atoms with E-state index in [1.54, 1.807) is 0 Å². The average Bonchev–Trinajstić information content (AvgIpc) is 1.82. The molecule has 1 atom stereocenters. The van der Waals surface area contributed by atoms with Crippen LogP contribution in [0.3, 0.4) is 0 Å². The van der Waals surface area contributed by atoms with Gasteiger partial charge in [-0.25, -0.2) is 0 Å². The summed E-state index contributed by atoms with van der Waals surface area (Å²) < 4.78 is 32.6. The highest BCUT2D eigenvalue weighted by molar-refractivity contribution is 7.85. The molecular formula is C4H9NO5S. The minimum Gasteiger partial charge on any atom is -0.468 e. The lowest BCUT2D eigenvalue weighted by Gasteiger charge is -2.05. The molecule has 0 unspecified atom stereocenters. The first-order chi connectivity index (χ1) is 4.87. The van der Waals surface area contributed by atoms with Crippen LogP contribution in [-0.2, 0) is 19.6 Å². The fourth-order valence-electron chi connectivity index (χ4n) is 0.446. The summed E-state index contributed by atoms with van der Waals surface area (Å²) in [6, 6.07) is -1.32. The number of hydrogen-bond acceptors (Lipinski definition) is 5. The van der Waals surface area contributed by atoms with Crippen LogP contribution in [0.5, 0.6) is 0 Å². The second-order valence-electron chi connectivity index (χ2n) is 1.88. The third kappa shape index (κ3) is 4.71. The summed E-state index contributed by atoms with van der Waals surface area (Å²) in [7, 11) is -3.13. The van der Waals surface area contributed by atoms with Crippen molar-refractivity contribution in [2.24, 2.45) is 5.73 Å². The van der Waals surface area contributed by atoms with Gasteiger partial charge in [0.1, 0.15) is 11.8 Å². The minimum absolute atomic E-state index is 0.820. The fraction of sp³-hybridized carbons (Fsp3) is 0.750. The van der Waals surface area contributed by atoms with Gasteiger partial charge in [-0.05, 0) is 0 Å². The van der Waals surface area contributed by atoms with E-state index in [1.807, 2.05) is 0 Å². The molecule has 0 heterocycles. The lowest BCUT2D eigenvalue weighted by molar-refractivity contribution is -0.141. The van der Waals surface area contributed by atoms with Crippen molar-refractivity contribution in [2.75, 3.05) is 12.9 Å². The molecule has 0 amide bonds. The molecule has 0 aromatic heterocycles. The predicted molar refractivity (Wildman–Crippen MR) is 36.4 cm³/mol. The highest BCUT2D eigenvalue weighted by Crippen LogP contribution is 1.89. The molecule has 3 N–H and O–H groups in total. The Balaban J connectivity index is 4.09. The smallest absolute Gasteiger partial charge is 0.323 e. The Hall–Kier alpha value is -0.660. The molecule has 11 heavy (non-hydrogen) atoms. The maximum absolute atomic E-state index is 10.5. The van der Waals surface area contributed by atoms with Crippen LogP contribution in [0.25, 0.3) is 0 Å². The Kier molecular flexibility index (Phi) is 3.43. The number of nitrogens with two attached hydrogens (primary N) is 1. The van der Waals surface area contributed by atoms with Gasteiger partial charge in [0.25, 0.3) is 10.1 Å². The van der Waals surface area contributed by atoms with Crippen molar-refractivity contribution in [2.45, 2.75) is 6.04 Å². The van der Waals surface area contributed by atoms with Crippen molar-refractivity contribution in [1.82, 2.24) is 0 Å². The first kappa shape index (κ1) is 10.3. The van der Waals surface area contributed by atoms with Gasteiger partial charge in [0.05, 0.1) is 7.11 Å². The maximum atomic E-state index is 10.5. The molecule has 0 radical (unpaired) electrons. The van der Waals surface area contributed by atoms with Crippen LogP contribution < -0.4 is 5.73 Å². The second-order valence-corrected chi connectivity index (χ2v) is 3.38. The second kappa shape index (κ2) is 3.65. The molecule has 0 aliphatic heterocycles. The molecule has 0 aliphatic rings. The van der Waals surface area contributed by atoms with Crippen molar-refractivity contribution in [3.8, 4) is 0 Å². The molecule has 6 nitrogen and oxygen atoms in total. The van der Waals surface area contributed by atoms with Crippen LogP contribution in [0.1, 0.15) is 0 Å². The van der Waals surface area contributed by atoms with Gasteiger partial charge in [0.15, 0.2) is 0 Å². The highest BCUT2D eigenvalue weighted by atomic mass is 32.2. The van der Waals surface area contributed by atoms with E-state index >= 15 is 0 Å². The zero-order valence-electron chi connectivity index (χ0n) is 5.85. The average molecular weight is 183 g/mol. The van der Waals surface area contributed by atoms with E-state index in [0.717, 1.165) is 7.11 Å². The zero-order valence-corrected chi connectivity index (χ0v) is 6.67. The number of carbonyl (C=O) groups excluding carboxylic acids is 1. The summed E-state index contributed by atoms with van der Waals surface area (Å²) in [6.45, 7) is 0. The maximum Gasteiger partial charge on any atom is 0.323 e. The normalized spacial score (nSPS) is 14.1. The lowest BCUT2D eigenvalue weighted by atomic mass is 10.4. The van der Waals surface area contributed by atoms with E-state index in [-0.39, 0.29) is 0 Å². The first-order valence-electron chi connectivity index (χ1n) is 2.65. The predicted octanol–water partition coefficient (Wildman–Crippen LogP) is -1.63. The van der Waals surface area contributed by atoms with Gasteiger partial charge in [-0.3, -0.25) is 9.35 Å². The topological polar surface area (TPSA) is 107 Å². The summed E-state index contributed by atoms with van der Waals surface area (Å²) in [5, 5.41) is 0. The van der Waals surface area contributed by atoms with Gasteiger partial charge in [-0.1, -0.05) is 0 Å². The molecule has 66 valence electrons. The quantitative estimate of drug-likeness (QED) is 0.402. The molecule has 0 rings (SSSR count). The molecule has 7 heteroatoms. The number of hydrogen-bond donors (Lipinski definition) is 2. The summed E-state index contributed by atoms with van der Waals surface area (Å²) in [5.74, 6) is -1.69. The molecule has 0 aromatic rings. The number of esters is 1. The van der Waals surface area contributed by atoms with Gasteiger partial charge in [0, 0.05) is 0 Å². The number of ether oxygens (including phenoxy) is 1. The third-order valence-electron chi connectivity index (χ3n) is 0.894. The monoisotopic (exact) mass is 183 g/mol. The standard InChI is InChI=1S/C4H9NO5S/c1-10-4(6)3(5)2-11(7,8)9/h3H,2,5H2,1H3,(H,7,8,9)/t3-/m0/s1. The highest BCUT2D eigenvalue weighted by Gasteiger charge is 2.20. The van der Waals surface area contributed by atoms with Gasteiger partial charge in [0.2, 0.25) is 0 Å². The molecule has 0 aliphatic carbocycles. The Morgan fingerprint density at radius 3 is 2.45 bits per heavy atom. The van der Waals surface area contributed by atoms with Crippen molar-refractivity contribution >= 4 is 16.1 Å². The fourth-order valence-corrected chi connectivity index (χ4v) is 1.04. The number of methoxy groups -OCH3 is 1. The van der Waals surface area contributed by atoms with Crippen molar-refractivity contribution in [1.29, 1.82) is 0 Å². The van der Waals surface area contributed by atoms with Gasteiger partial charge in [-0.2, -0.15) is 8.42 Å². The Bertz CT molecular complexity index is 233. The Morgan fingerprint density at radius 2 is 2.18 bits per heavy atom. The molecule has 0 spiro atoms. The molecule has 0 saturated heterocycles. The van der Waals surface area contributed by atoms with Crippen LogP contribution in [0.2, 0.25) is 0 Å². The van der Waals surface area contributed by atoms with E-state index < -0.39 is 27.9 Å². The van der Waals surface area contributed by atoms with Gasteiger partial charge in [-0.15, -0.1) is 0 Å². The lowest BCUT2D eigenvalue weighted by Crippen LogP contribution is -2.38. The number of carbonyl (C=O) groups is 1. The van der Waals surface area contributed by atoms with Crippen molar-refractivity contribution < 1.29 is 22.5 Å². The molecule has 0 saturated carbocycles. The van der Waals surface area contributed by atoms with Crippen molar-refractivity contribution in [3.63, 3.8) is 0 Å². The first-order valence-corrected chi connectivity index (χ1v) is 4.26. The van der Waals surface area contributed by atoms with Crippen LogP contribution in [0.4, 0.5) is 0 Å². The van der Waals surface area contributed by atoms with Gasteiger partial charge >= 0.3 is 5.97 Å². The van der Waals surface area contributed by atoms with E-state index in [4.69, 9.17) is 10.3 Å². The third-order valence-corrected chi connectivity index (χ3v) is 1.67. The van der Waals surface area contributed by atoms with E-state index in [2.05, 4.69) is 4.74 Å². The molecular weight excluding hydrogens is 174 g/mol. The van der Waals surface area contributed by atoms with Crippen LogP contribution in [0.15, 0.2) is 0 Å². The largest absolute Gasteiger partial charge is 0.468 e. The molecule has 0 aromatic carbocycles. The molecule has 0 fully saturated rings. The minimum atomic E-state index is -4.20. The Labute approximate surface area is 64.1 Å². The SMILES string of the molecule is COC(=O)[C@@H](N)CS(=O)(=O)O. The van der Waals surface area contributed by atoms with Crippen LogP contribution >= 0.6 is 0 Å². The van der Waals surface area contributed by atoms with Crippen LogP contribution in [-0.4, -0.2) is 37.8 Å². The zero-order chi connectivity index (χ0) is 9.07. The van der Waals surface area contributed by atoms with Crippen LogP contribution in [0, 0.1) is 0 Å². The Morgan fingerprint density at radius 1 is 1.73 bits per heavy atom. The summed E-state index contributed by atoms with van der Waals surface area (Å²) in [6.07, 6.45) is 0. The summed E-state index contributed by atoms with van der Waals surface area (Å²) in [5.41, 5.74) is 5.00. The van der Waals surface area contributed by atoms with E-state index in [9.17, 15) is 13.2 Å². The van der Waals surface area contributed by atoms with E-state index in [0.29, 0.717) is 0 Å². The summed E-state index contributed by atoms with van der Waals surface area (Å²) in [4.78, 5) is 10.5. The number of rotatable bonds is 3. The van der Waals surface area contributed by atoms with E-state index in [1.165, 1.54) is 0 Å². The van der Waals surface area contributed by atoms with Crippen molar-refractivity contribution in [3.05, 3.63) is 0 Å². The summed E-state index contributed by atoms with van der Waals surface area (Å²) >= 11 is 0. The van der Waals surface area contributed by atoms with Gasteiger partial charge < -0.3 is 10.5 Å².